The van der Waals surface area contributed by atoms with E-state index in [9.17, 15) is 14.7 Å². The van der Waals surface area contributed by atoms with E-state index >= 15 is 0 Å². The molecule has 176 valence electrons. The number of dihydropyridines is 1. The highest BCUT2D eigenvalue weighted by Crippen LogP contribution is 2.47. The summed E-state index contributed by atoms with van der Waals surface area (Å²) >= 11 is 0. The number of allylic oxidation sites excluding steroid dienone is 3. The molecule has 2 heterocycles. The number of hydrogen-bond acceptors (Lipinski definition) is 7. The lowest BCUT2D eigenvalue weighted by Crippen LogP contribution is -2.41. The minimum atomic E-state index is -0.622. The van der Waals surface area contributed by atoms with E-state index in [0.29, 0.717) is 48.5 Å². The van der Waals surface area contributed by atoms with Gasteiger partial charge in [-0.15, -0.1) is 0 Å². The van der Waals surface area contributed by atoms with Crippen molar-refractivity contribution in [1.29, 1.82) is 0 Å². The van der Waals surface area contributed by atoms with Crippen molar-refractivity contribution in [1.82, 2.24) is 5.32 Å². The largest absolute Gasteiger partial charge is 0.508 e. The van der Waals surface area contributed by atoms with Gasteiger partial charge in [0.1, 0.15) is 17.6 Å². The van der Waals surface area contributed by atoms with Crippen LogP contribution in [0.25, 0.3) is 0 Å². The molecule has 0 unspecified atom stereocenters. The zero-order valence-electron chi connectivity index (χ0n) is 19.2. The lowest BCUT2D eigenvalue weighted by Gasteiger charge is -2.37. The van der Waals surface area contributed by atoms with Crippen molar-refractivity contribution >= 4 is 11.8 Å². The minimum absolute atomic E-state index is 0.0391. The second kappa shape index (κ2) is 8.99. The van der Waals surface area contributed by atoms with Crippen LogP contribution in [-0.2, 0) is 19.1 Å². The molecule has 1 aliphatic carbocycles. The first-order valence-corrected chi connectivity index (χ1v) is 11.4. The molecule has 5 rings (SSSR count). The van der Waals surface area contributed by atoms with E-state index in [2.05, 4.69) is 5.32 Å². The number of para-hydroxylation sites is 1. The average molecular weight is 462 g/mol. The molecule has 7 nitrogen and oxygen atoms in total. The molecule has 3 aliphatic rings. The quantitative estimate of drug-likeness (QED) is 0.656. The molecule has 1 saturated heterocycles. The van der Waals surface area contributed by atoms with Crippen LogP contribution in [0.4, 0.5) is 0 Å². The van der Waals surface area contributed by atoms with E-state index in [-0.39, 0.29) is 23.6 Å². The van der Waals surface area contributed by atoms with Crippen molar-refractivity contribution in [2.45, 2.75) is 37.7 Å². The monoisotopic (exact) mass is 461 g/mol. The van der Waals surface area contributed by atoms with Gasteiger partial charge in [-0.3, -0.25) is 4.79 Å². The summed E-state index contributed by atoms with van der Waals surface area (Å²) in [6.45, 7) is 2.57. The molecule has 2 atom stereocenters. The van der Waals surface area contributed by atoms with Crippen LogP contribution in [0, 0.1) is 0 Å². The number of ether oxygens (including phenoxy) is 3. The van der Waals surface area contributed by atoms with E-state index in [1.807, 2.05) is 37.3 Å². The Hall–Kier alpha value is -3.58. The molecule has 2 aromatic rings. The molecule has 2 N–H and O–H groups in total. The summed E-state index contributed by atoms with van der Waals surface area (Å²) in [5, 5.41) is 13.5. The van der Waals surface area contributed by atoms with Gasteiger partial charge in [0, 0.05) is 35.2 Å². The lowest BCUT2D eigenvalue weighted by molar-refractivity contribution is -0.168. The molecule has 0 amide bonds. The number of rotatable bonds is 5. The van der Waals surface area contributed by atoms with Gasteiger partial charge >= 0.3 is 5.97 Å². The molecule has 0 aromatic heterocycles. The number of benzene rings is 2. The van der Waals surface area contributed by atoms with Crippen LogP contribution in [0.5, 0.6) is 11.5 Å². The third-order valence-electron chi connectivity index (χ3n) is 6.71. The molecule has 0 radical (unpaired) electrons. The van der Waals surface area contributed by atoms with Crippen molar-refractivity contribution in [2.24, 2.45) is 0 Å². The summed E-state index contributed by atoms with van der Waals surface area (Å²) in [6.07, 6.45) is 0.617. The SMILES string of the molecule is COc1ccccc1[C@H]1CC(=O)C2=C(C1)NC(C)=C(C(=O)OC1COC1)[C@H]2c1cccc(O)c1. The fourth-order valence-electron chi connectivity index (χ4n) is 5.07. The van der Waals surface area contributed by atoms with Gasteiger partial charge in [0.2, 0.25) is 0 Å². The van der Waals surface area contributed by atoms with Crippen molar-refractivity contribution in [2.75, 3.05) is 20.3 Å². The Morgan fingerprint density at radius 3 is 2.62 bits per heavy atom. The van der Waals surface area contributed by atoms with E-state index < -0.39 is 11.9 Å². The van der Waals surface area contributed by atoms with E-state index in [1.165, 1.54) is 0 Å². The van der Waals surface area contributed by atoms with E-state index in [0.717, 1.165) is 17.0 Å². The van der Waals surface area contributed by atoms with Crippen LogP contribution in [0.1, 0.15) is 42.7 Å². The molecule has 34 heavy (non-hydrogen) atoms. The van der Waals surface area contributed by atoms with Gasteiger partial charge in [0.25, 0.3) is 0 Å². The Bertz CT molecular complexity index is 1210. The highest BCUT2D eigenvalue weighted by Gasteiger charge is 2.42. The molecule has 1 fully saturated rings. The first-order chi connectivity index (χ1) is 16.5. The van der Waals surface area contributed by atoms with Crippen molar-refractivity contribution < 1.29 is 28.9 Å². The average Bonchev–Trinajstić information content (AvgIpc) is 2.80. The Balaban J connectivity index is 1.56. The Kier molecular flexibility index (Phi) is 5.87. The third kappa shape index (κ3) is 3.96. The van der Waals surface area contributed by atoms with E-state index in [1.54, 1.807) is 25.3 Å². The number of carbonyl (C=O) groups is 2. The topological polar surface area (TPSA) is 94.1 Å². The molecular formula is C27H27NO6. The maximum absolute atomic E-state index is 13.6. The number of phenols is 1. The predicted molar refractivity (Wildman–Crippen MR) is 124 cm³/mol. The number of nitrogens with one attached hydrogen (secondary N) is 1. The summed E-state index contributed by atoms with van der Waals surface area (Å²) in [7, 11) is 1.63. The van der Waals surface area contributed by atoms with Crippen LogP contribution in [0.3, 0.4) is 0 Å². The molecule has 0 bridgehead atoms. The number of esters is 1. The number of phenolic OH excluding ortho intramolecular Hbond substituents is 1. The molecule has 2 aromatic carbocycles. The van der Waals surface area contributed by atoms with Crippen LogP contribution < -0.4 is 10.1 Å². The second-order valence-corrected chi connectivity index (χ2v) is 8.92. The van der Waals surface area contributed by atoms with Crippen LogP contribution in [0.2, 0.25) is 0 Å². The van der Waals surface area contributed by atoms with Gasteiger partial charge in [-0.2, -0.15) is 0 Å². The minimum Gasteiger partial charge on any atom is -0.508 e. The number of aromatic hydroxyl groups is 1. The van der Waals surface area contributed by atoms with Gasteiger partial charge < -0.3 is 24.6 Å². The number of hydrogen-bond donors (Lipinski definition) is 2. The maximum atomic E-state index is 13.6. The van der Waals surface area contributed by atoms with Gasteiger partial charge in [-0.1, -0.05) is 30.3 Å². The number of Topliss-reactive ketones (excluding diaryl/α,β-unsaturated/α-hetero) is 1. The fourth-order valence-corrected chi connectivity index (χ4v) is 5.07. The molecule has 2 aliphatic heterocycles. The predicted octanol–water partition coefficient (Wildman–Crippen LogP) is 3.70. The molecule has 7 heteroatoms. The standard InChI is InChI=1S/C27H27NO6/c1-15-24(27(31)34-19-13-33-14-19)25(16-6-5-7-18(29)10-16)26-21(28-15)11-17(12-22(26)30)20-8-3-4-9-23(20)32-2/h3-10,17,19,25,28-29H,11-14H2,1-2H3/t17-,25-/m1/s1. The normalized spacial score (nSPS) is 22.6. The summed E-state index contributed by atoms with van der Waals surface area (Å²) in [4.78, 5) is 26.9. The van der Waals surface area contributed by atoms with Crippen molar-refractivity contribution in [3.8, 4) is 11.5 Å². The highest BCUT2D eigenvalue weighted by molar-refractivity contribution is 6.04. The van der Waals surface area contributed by atoms with Gasteiger partial charge in [-0.05, 0) is 42.7 Å². The molecule has 0 spiro atoms. The second-order valence-electron chi connectivity index (χ2n) is 8.92. The summed E-state index contributed by atoms with van der Waals surface area (Å²) in [5.74, 6) is -0.355. The molecular weight excluding hydrogens is 434 g/mol. The lowest BCUT2D eigenvalue weighted by atomic mass is 9.71. The van der Waals surface area contributed by atoms with Gasteiger partial charge in [0.15, 0.2) is 5.78 Å². The van der Waals surface area contributed by atoms with Gasteiger partial charge in [-0.25, -0.2) is 4.79 Å². The number of methoxy groups -OCH3 is 1. The van der Waals surface area contributed by atoms with E-state index in [4.69, 9.17) is 14.2 Å². The van der Waals surface area contributed by atoms with Crippen LogP contribution >= 0.6 is 0 Å². The number of ketones is 1. The van der Waals surface area contributed by atoms with Crippen molar-refractivity contribution in [3.63, 3.8) is 0 Å². The van der Waals surface area contributed by atoms with Crippen LogP contribution in [0.15, 0.2) is 71.1 Å². The highest BCUT2D eigenvalue weighted by atomic mass is 16.6. The first-order valence-electron chi connectivity index (χ1n) is 11.4. The zero-order chi connectivity index (χ0) is 23.8. The molecule has 0 saturated carbocycles. The Morgan fingerprint density at radius 1 is 1.12 bits per heavy atom. The van der Waals surface area contributed by atoms with Crippen molar-refractivity contribution in [3.05, 3.63) is 82.2 Å². The van der Waals surface area contributed by atoms with Crippen LogP contribution in [-0.4, -0.2) is 43.3 Å². The third-order valence-corrected chi connectivity index (χ3v) is 6.71. The zero-order valence-corrected chi connectivity index (χ0v) is 19.2. The number of carbonyl (C=O) groups excluding carboxylic acids is 2. The Morgan fingerprint density at radius 2 is 1.91 bits per heavy atom. The fraction of sp³-hybridized carbons (Fsp3) is 0.333. The maximum Gasteiger partial charge on any atom is 0.337 e. The Labute approximate surface area is 198 Å². The first kappa shape index (κ1) is 22.2. The summed E-state index contributed by atoms with van der Waals surface area (Å²) in [6, 6.07) is 14.5. The smallest absolute Gasteiger partial charge is 0.337 e. The van der Waals surface area contributed by atoms with Gasteiger partial charge in [0.05, 0.1) is 25.9 Å². The summed E-state index contributed by atoms with van der Waals surface area (Å²) < 4.78 is 16.3. The summed E-state index contributed by atoms with van der Waals surface area (Å²) in [5.41, 5.74) is 4.04.